The molecule has 0 aromatic carbocycles. The molecule has 0 heterocycles. The van der Waals surface area contributed by atoms with E-state index in [9.17, 15) is 4.79 Å². The van der Waals surface area contributed by atoms with Gasteiger partial charge in [0.05, 0.1) is 0 Å². The van der Waals surface area contributed by atoms with Crippen molar-refractivity contribution >= 4 is 5.97 Å². The molecule has 66 valence electrons. The minimum atomic E-state index is -0.971. The fraction of sp³-hybridized carbons (Fsp3) is 0.375. The average Bonchev–Trinajstić information content (AvgIpc) is 2.05. The van der Waals surface area contributed by atoms with E-state index in [2.05, 4.69) is 0 Å². The monoisotopic (exact) mass is 170 g/mol. The Balaban J connectivity index is 2.79. The van der Waals surface area contributed by atoms with E-state index in [-0.39, 0.29) is 17.8 Å². The first-order valence-corrected chi connectivity index (χ1v) is 3.51. The van der Waals surface area contributed by atoms with Gasteiger partial charge in [-0.2, -0.15) is 0 Å². The highest BCUT2D eigenvalue weighted by Crippen LogP contribution is 2.19. The van der Waals surface area contributed by atoms with Crippen LogP contribution in [0, 0.1) is 0 Å². The Morgan fingerprint density at radius 2 is 2.33 bits per heavy atom. The highest BCUT2D eigenvalue weighted by atomic mass is 16.5. The predicted molar refractivity (Wildman–Crippen MR) is 41.8 cm³/mol. The van der Waals surface area contributed by atoms with E-state index in [0.29, 0.717) is 0 Å². The van der Waals surface area contributed by atoms with Crippen molar-refractivity contribution in [1.29, 1.82) is 0 Å². The van der Waals surface area contributed by atoms with Crippen LogP contribution < -0.4 is 0 Å². The van der Waals surface area contributed by atoms with Crippen LogP contribution >= 0.6 is 0 Å². The molecule has 12 heavy (non-hydrogen) atoms. The minimum absolute atomic E-state index is 0.0718. The summed E-state index contributed by atoms with van der Waals surface area (Å²) in [6, 6.07) is 0. The lowest BCUT2D eigenvalue weighted by molar-refractivity contribution is -0.133. The van der Waals surface area contributed by atoms with Crippen molar-refractivity contribution in [2.75, 3.05) is 7.11 Å². The number of hydrogen-bond donors (Lipinski definition) is 2. The lowest BCUT2D eigenvalue weighted by atomic mass is 10.0. The number of rotatable bonds is 2. The number of hydrogen-bond acceptors (Lipinski definition) is 3. The fourth-order valence-corrected chi connectivity index (χ4v) is 1.03. The third-order valence-corrected chi connectivity index (χ3v) is 1.75. The molecule has 0 aliphatic heterocycles. The molecule has 1 aliphatic rings. The molecular weight excluding hydrogens is 160 g/mol. The second-order valence-electron chi connectivity index (χ2n) is 2.52. The van der Waals surface area contributed by atoms with Crippen molar-refractivity contribution in [1.82, 2.24) is 0 Å². The summed E-state index contributed by atoms with van der Waals surface area (Å²) >= 11 is 0. The highest BCUT2D eigenvalue weighted by Gasteiger charge is 2.21. The number of carboxylic acid groups (broad SMARTS) is 1. The van der Waals surface area contributed by atoms with Crippen LogP contribution in [0.4, 0.5) is 0 Å². The molecule has 1 rings (SSSR count). The van der Waals surface area contributed by atoms with E-state index >= 15 is 0 Å². The third-order valence-electron chi connectivity index (χ3n) is 1.75. The molecule has 0 spiro atoms. The largest absolute Gasteiger partial charge is 0.510 e. The molecule has 0 fully saturated rings. The topological polar surface area (TPSA) is 66.8 Å². The Morgan fingerprint density at radius 3 is 2.83 bits per heavy atom. The van der Waals surface area contributed by atoms with Crippen LogP contribution in [0.1, 0.15) is 6.42 Å². The van der Waals surface area contributed by atoms with Gasteiger partial charge in [0, 0.05) is 19.1 Å². The maximum absolute atomic E-state index is 10.5. The zero-order chi connectivity index (χ0) is 9.14. The van der Waals surface area contributed by atoms with Gasteiger partial charge in [-0.1, -0.05) is 0 Å². The van der Waals surface area contributed by atoms with Gasteiger partial charge in [0.1, 0.15) is 11.9 Å². The second-order valence-corrected chi connectivity index (χ2v) is 2.52. The summed E-state index contributed by atoms with van der Waals surface area (Å²) in [7, 11) is 1.43. The molecule has 0 saturated heterocycles. The van der Waals surface area contributed by atoms with E-state index in [4.69, 9.17) is 14.9 Å². The van der Waals surface area contributed by atoms with Crippen LogP contribution in [0.15, 0.2) is 23.5 Å². The Bertz CT molecular complexity index is 252. The van der Waals surface area contributed by atoms with Crippen LogP contribution in [-0.4, -0.2) is 29.4 Å². The molecule has 4 heteroatoms. The molecule has 2 N–H and O–H groups in total. The van der Waals surface area contributed by atoms with Crippen LogP contribution in [0.3, 0.4) is 0 Å². The fourth-order valence-electron chi connectivity index (χ4n) is 1.03. The highest BCUT2D eigenvalue weighted by molar-refractivity contribution is 5.87. The third kappa shape index (κ3) is 1.65. The summed E-state index contributed by atoms with van der Waals surface area (Å²) in [5.74, 6) is -0.900. The van der Waals surface area contributed by atoms with Crippen LogP contribution in [0.25, 0.3) is 0 Å². The zero-order valence-electron chi connectivity index (χ0n) is 6.65. The lowest BCUT2D eigenvalue weighted by Crippen LogP contribution is -2.20. The number of aliphatic hydroxyl groups excluding tert-OH is 1. The normalized spacial score (nSPS) is 22.9. The Kier molecular flexibility index (Phi) is 2.50. The van der Waals surface area contributed by atoms with Crippen molar-refractivity contribution < 1.29 is 19.7 Å². The number of carboxylic acids is 1. The first kappa shape index (κ1) is 8.80. The number of aliphatic carboxylic acids is 1. The van der Waals surface area contributed by atoms with E-state index in [1.54, 1.807) is 0 Å². The van der Waals surface area contributed by atoms with Gasteiger partial charge in [-0.15, -0.1) is 0 Å². The van der Waals surface area contributed by atoms with E-state index in [1.807, 2.05) is 0 Å². The summed E-state index contributed by atoms with van der Waals surface area (Å²) in [4.78, 5) is 10.5. The molecule has 1 atom stereocenters. The zero-order valence-corrected chi connectivity index (χ0v) is 6.65. The molecule has 0 aromatic rings. The standard InChI is InChI=1S/C8H10O4/c1-12-7-4-5(8(10)11)2-3-6(7)9/h2-3,7,9H,4H2,1H3,(H,10,11). The average molecular weight is 170 g/mol. The number of carbonyl (C=O) groups is 1. The summed E-state index contributed by atoms with van der Waals surface area (Å²) in [5, 5.41) is 17.8. The second kappa shape index (κ2) is 3.40. The van der Waals surface area contributed by atoms with Gasteiger partial charge in [-0.3, -0.25) is 0 Å². The molecule has 0 saturated carbocycles. The van der Waals surface area contributed by atoms with E-state index in [0.717, 1.165) is 0 Å². The summed E-state index contributed by atoms with van der Waals surface area (Å²) in [6.45, 7) is 0. The molecule has 4 nitrogen and oxygen atoms in total. The molecular formula is C8H10O4. The maximum Gasteiger partial charge on any atom is 0.331 e. The van der Waals surface area contributed by atoms with Crippen LogP contribution in [0.2, 0.25) is 0 Å². The van der Waals surface area contributed by atoms with Gasteiger partial charge >= 0.3 is 5.97 Å². The van der Waals surface area contributed by atoms with Gasteiger partial charge in [0.15, 0.2) is 0 Å². The molecule has 1 unspecified atom stereocenters. The summed E-state index contributed by atoms with van der Waals surface area (Å²) < 4.78 is 4.86. The molecule has 0 aromatic heterocycles. The number of allylic oxidation sites excluding steroid dienone is 2. The Morgan fingerprint density at radius 1 is 1.67 bits per heavy atom. The Hall–Kier alpha value is -1.29. The molecule has 0 bridgehead atoms. The van der Waals surface area contributed by atoms with Gasteiger partial charge in [-0.05, 0) is 12.2 Å². The quantitative estimate of drug-likeness (QED) is 0.645. The lowest BCUT2D eigenvalue weighted by Gasteiger charge is -2.17. The summed E-state index contributed by atoms with van der Waals surface area (Å²) in [5.41, 5.74) is 0.250. The summed E-state index contributed by atoms with van der Waals surface area (Å²) in [6.07, 6.45) is 2.43. The van der Waals surface area contributed by atoms with Gasteiger partial charge in [0.25, 0.3) is 0 Å². The number of ether oxygens (including phenoxy) is 1. The SMILES string of the molecule is COC1CC(C(=O)O)=CC=C1O. The Labute approximate surface area is 69.8 Å². The van der Waals surface area contributed by atoms with Gasteiger partial charge < -0.3 is 14.9 Å². The number of methoxy groups -OCH3 is 1. The van der Waals surface area contributed by atoms with Crippen molar-refractivity contribution in [3.05, 3.63) is 23.5 Å². The van der Waals surface area contributed by atoms with Crippen molar-refractivity contribution in [2.24, 2.45) is 0 Å². The molecule has 0 amide bonds. The van der Waals surface area contributed by atoms with E-state index in [1.165, 1.54) is 19.3 Å². The van der Waals surface area contributed by atoms with Crippen molar-refractivity contribution in [2.45, 2.75) is 12.5 Å². The predicted octanol–water partition coefficient (Wildman–Crippen LogP) is 0.858. The minimum Gasteiger partial charge on any atom is -0.510 e. The smallest absolute Gasteiger partial charge is 0.331 e. The number of aliphatic hydroxyl groups is 1. The maximum atomic E-state index is 10.5. The molecule has 1 aliphatic carbocycles. The van der Waals surface area contributed by atoms with Crippen LogP contribution in [-0.2, 0) is 9.53 Å². The van der Waals surface area contributed by atoms with Crippen LogP contribution in [0.5, 0.6) is 0 Å². The first-order valence-electron chi connectivity index (χ1n) is 3.51. The van der Waals surface area contributed by atoms with Crippen molar-refractivity contribution in [3.8, 4) is 0 Å². The van der Waals surface area contributed by atoms with Gasteiger partial charge in [0.2, 0.25) is 0 Å². The molecule has 0 radical (unpaired) electrons. The van der Waals surface area contributed by atoms with E-state index < -0.39 is 12.1 Å². The van der Waals surface area contributed by atoms with Crippen molar-refractivity contribution in [3.63, 3.8) is 0 Å². The van der Waals surface area contributed by atoms with Gasteiger partial charge in [-0.25, -0.2) is 4.79 Å². The first-order chi connectivity index (χ1) is 5.65.